The number of piperazine rings is 1. The molecule has 4 aliphatic rings. The summed E-state index contributed by atoms with van der Waals surface area (Å²) >= 11 is 1.63. The minimum absolute atomic E-state index is 0.0890. The summed E-state index contributed by atoms with van der Waals surface area (Å²) in [6.07, 6.45) is 7.05. The average Bonchev–Trinajstić information content (AvgIpc) is 3.88. The van der Waals surface area contributed by atoms with Gasteiger partial charge in [0.05, 0.1) is 28.5 Å². The molecule has 7 rings (SSSR count). The Kier molecular flexibility index (Phi) is 8.92. The van der Waals surface area contributed by atoms with Gasteiger partial charge in [-0.1, -0.05) is 29.4 Å². The van der Waals surface area contributed by atoms with Crippen LogP contribution < -0.4 is 10.2 Å². The van der Waals surface area contributed by atoms with Crippen LogP contribution in [0.1, 0.15) is 68.5 Å². The molecular formula is C34H45N7O3S. The van der Waals surface area contributed by atoms with Gasteiger partial charge in [-0.15, -0.1) is 11.3 Å². The molecule has 4 saturated heterocycles. The standard InChI is InChI=1S/C34H45N7O3S/c1-23(25-7-9-26(10-8-25)33-24(2)35-22-45-33)36-34(43)30-6-4-14-41(30)32(42)20-29-19-31(37-44-29)39-17-15-38(16-18-39)21-28-12-11-27-5-3-13-40(27)28/h7-10,19,22-23,27-28,30H,3-6,11-18,20-21H2,1-2H3,(H,36,43). The minimum atomic E-state index is -0.467. The normalized spacial score (nSPS) is 24.7. The second kappa shape index (κ2) is 13.2. The van der Waals surface area contributed by atoms with Crippen LogP contribution in [-0.4, -0.2) is 101 Å². The van der Waals surface area contributed by atoms with E-state index in [1.807, 2.05) is 25.4 Å². The molecule has 4 fully saturated rings. The predicted octanol–water partition coefficient (Wildman–Crippen LogP) is 4.27. The molecule has 0 bridgehead atoms. The summed E-state index contributed by atoms with van der Waals surface area (Å²) in [6, 6.07) is 11.1. The highest BCUT2D eigenvalue weighted by Gasteiger charge is 2.38. The highest BCUT2D eigenvalue weighted by molar-refractivity contribution is 7.13. The van der Waals surface area contributed by atoms with Crippen molar-refractivity contribution in [1.29, 1.82) is 0 Å². The SMILES string of the molecule is Cc1ncsc1-c1ccc(C(C)NC(=O)C2CCCN2C(=O)Cc2cc(N3CCN(CC4CCC5CCCN54)CC3)no2)cc1. The van der Waals surface area contributed by atoms with Crippen molar-refractivity contribution in [1.82, 2.24) is 30.2 Å². The van der Waals surface area contributed by atoms with Crippen LogP contribution in [0.15, 0.2) is 40.4 Å². The lowest BCUT2D eigenvalue weighted by Gasteiger charge is -2.37. The third kappa shape index (κ3) is 6.53. The van der Waals surface area contributed by atoms with Crippen LogP contribution in [-0.2, 0) is 16.0 Å². The highest BCUT2D eigenvalue weighted by Crippen LogP contribution is 2.33. The summed E-state index contributed by atoms with van der Waals surface area (Å²) in [6.45, 7) is 10.9. The van der Waals surface area contributed by atoms with Crippen molar-refractivity contribution in [3.63, 3.8) is 0 Å². The van der Waals surface area contributed by atoms with Gasteiger partial charge in [0.2, 0.25) is 11.8 Å². The Hall–Kier alpha value is -3.28. The van der Waals surface area contributed by atoms with E-state index in [1.54, 1.807) is 16.2 Å². The number of anilines is 1. The van der Waals surface area contributed by atoms with Gasteiger partial charge in [0, 0.05) is 57.4 Å². The zero-order chi connectivity index (χ0) is 30.9. The number of hydrogen-bond acceptors (Lipinski definition) is 9. The number of likely N-dealkylation sites (tertiary alicyclic amines) is 1. The van der Waals surface area contributed by atoms with E-state index in [9.17, 15) is 9.59 Å². The number of carbonyl (C=O) groups is 2. The van der Waals surface area contributed by atoms with Gasteiger partial charge in [-0.05, 0) is 70.0 Å². The van der Waals surface area contributed by atoms with Gasteiger partial charge in [0.25, 0.3) is 0 Å². The number of aromatic nitrogens is 2. The smallest absolute Gasteiger partial charge is 0.243 e. The molecule has 3 aromatic rings. The molecule has 11 heteroatoms. The Morgan fingerprint density at radius 1 is 1.02 bits per heavy atom. The van der Waals surface area contributed by atoms with E-state index in [-0.39, 0.29) is 24.3 Å². The maximum absolute atomic E-state index is 13.4. The fourth-order valence-corrected chi connectivity index (χ4v) is 8.68. The van der Waals surface area contributed by atoms with Gasteiger partial charge in [-0.25, -0.2) is 4.98 Å². The number of thiazole rings is 1. The van der Waals surface area contributed by atoms with Crippen LogP contribution >= 0.6 is 11.3 Å². The average molecular weight is 632 g/mol. The van der Waals surface area contributed by atoms with Gasteiger partial charge in [0.15, 0.2) is 5.82 Å². The zero-order valence-electron chi connectivity index (χ0n) is 26.5. The molecule has 2 aromatic heterocycles. The number of carbonyl (C=O) groups excluding carboxylic acids is 2. The maximum Gasteiger partial charge on any atom is 0.243 e. The van der Waals surface area contributed by atoms with Crippen molar-refractivity contribution in [2.45, 2.75) is 83.0 Å². The first-order valence-electron chi connectivity index (χ1n) is 16.7. The van der Waals surface area contributed by atoms with Crippen molar-refractivity contribution in [2.24, 2.45) is 0 Å². The van der Waals surface area contributed by atoms with Gasteiger partial charge >= 0.3 is 0 Å². The molecule has 0 saturated carbocycles. The first-order chi connectivity index (χ1) is 21.9. The van der Waals surface area contributed by atoms with E-state index < -0.39 is 6.04 Å². The quantitative estimate of drug-likeness (QED) is 0.374. The number of nitrogens with zero attached hydrogens (tertiary/aromatic N) is 6. The number of benzene rings is 1. The largest absolute Gasteiger partial charge is 0.359 e. The van der Waals surface area contributed by atoms with Crippen molar-refractivity contribution >= 4 is 29.0 Å². The van der Waals surface area contributed by atoms with Crippen molar-refractivity contribution in [3.05, 3.63) is 52.9 Å². The van der Waals surface area contributed by atoms with Crippen LogP contribution in [0, 0.1) is 6.92 Å². The van der Waals surface area contributed by atoms with E-state index in [2.05, 4.69) is 54.4 Å². The third-order valence-corrected chi connectivity index (χ3v) is 11.4. The molecule has 6 heterocycles. The molecule has 1 N–H and O–H groups in total. The Labute approximate surface area is 269 Å². The number of nitrogens with one attached hydrogen (secondary N) is 1. The lowest BCUT2D eigenvalue weighted by molar-refractivity contribution is -0.138. The number of aryl methyl sites for hydroxylation is 1. The molecule has 4 aliphatic heterocycles. The summed E-state index contributed by atoms with van der Waals surface area (Å²) in [4.78, 5) is 41.5. The Morgan fingerprint density at radius 2 is 1.82 bits per heavy atom. The van der Waals surface area contributed by atoms with E-state index in [4.69, 9.17) is 4.52 Å². The van der Waals surface area contributed by atoms with Gasteiger partial charge in [0.1, 0.15) is 11.8 Å². The van der Waals surface area contributed by atoms with Crippen LogP contribution in [0.4, 0.5) is 5.82 Å². The number of hydrogen-bond donors (Lipinski definition) is 1. The fourth-order valence-electron chi connectivity index (χ4n) is 7.87. The van der Waals surface area contributed by atoms with Crippen molar-refractivity contribution < 1.29 is 14.1 Å². The molecule has 4 unspecified atom stereocenters. The number of rotatable bonds is 9. The van der Waals surface area contributed by atoms with Crippen molar-refractivity contribution in [2.75, 3.05) is 50.7 Å². The molecular weight excluding hydrogens is 586 g/mol. The second-order valence-electron chi connectivity index (χ2n) is 13.2. The van der Waals surface area contributed by atoms with Crippen LogP contribution in [0.2, 0.25) is 0 Å². The topological polar surface area (TPSA) is 98.0 Å². The fraction of sp³-hybridized carbons (Fsp3) is 0.588. The van der Waals surface area contributed by atoms with E-state index in [0.717, 1.165) is 72.2 Å². The summed E-state index contributed by atoms with van der Waals surface area (Å²) in [5.74, 6) is 1.16. The van der Waals surface area contributed by atoms with Crippen LogP contribution in [0.3, 0.4) is 0 Å². The molecule has 45 heavy (non-hydrogen) atoms. The first-order valence-corrected chi connectivity index (χ1v) is 17.6. The summed E-state index contributed by atoms with van der Waals surface area (Å²) < 4.78 is 5.63. The predicted molar refractivity (Wildman–Crippen MR) is 175 cm³/mol. The van der Waals surface area contributed by atoms with Crippen molar-refractivity contribution in [3.8, 4) is 10.4 Å². The van der Waals surface area contributed by atoms with Crippen LogP contribution in [0.5, 0.6) is 0 Å². The van der Waals surface area contributed by atoms with Gasteiger partial charge in [-0.2, -0.15) is 0 Å². The molecule has 0 radical (unpaired) electrons. The molecule has 0 aliphatic carbocycles. The van der Waals surface area contributed by atoms with Crippen LogP contribution in [0.25, 0.3) is 10.4 Å². The lowest BCUT2D eigenvalue weighted by Crippen LogP contribution is -2.50. The molecule has 10 nitrogen and oxygen atoms in total. The molecule has 240 valence electrons. The van der Waals surface area contributed by atoms with E-state index in [1.165, 1.54) is 38.8 Å². The lowest BCUT2D eigenvalue weighted by atomic mass is 10.0. The Bertz CT molecular complexity index is 1480. The number of fused-ring (bicyclic) bond motifs is 1. The van der Waals surface area contributed by atoms with Gasteiger partial charge in [-0.3, -0.25) is 19.4 Å². The monoisotopic (exact) mass is 631 g/mol. The maximum atomic E-state index is 13.4. The summed E-state index contributed by atoms with van der Waals surface area (Å²) in [5.41, 5.74) is 5.04. The van der Waals surface area contributed by atoms with E-state index in [0.29, 0.717) is 18.7 Å². The zero-order valence-corrected chi connectivity index (χ0v) is 27.3. The molecule has 0 spiro atoms. The molecule has 2 amide bonds. The molecule has 4 atom stereocenters. The Morgan fingerprint density at radius 3 is 2.60 bits per heavy atom. The Balaban J connectivity index is 0.890. The highest BCUT2D eigenvalue weighted by atomic mass is 32.1. The first kappa shape index (κ1) is 30.4. The summed E-state index contributed by atoms with van der Waals surface area (Å²) in [5, 5.41) is 7.46. The second-order valence-corrected chi connectivity index (χ2v) is 14.1. The molecule has 1 aromatic carbocycles. The number of amides is 2. The van der Waals surface area contributed by atoms with E-state index >= 15 is 0 Å². The summed E-state index contributed by atoms with van der Waals surface area (Å²) in [7, 11) is 0. The third-order valence-electron chi connectivity index (χ3n) is 10.4. The van der Waals surface area contributed by atoms with Gasteiger partial charge < -0.3 is 19.6 Å². The minimum Gasteiger partial charge on any atom is -0.359 e.